The van der Waals surface area contributed by atoms with Gasteiger partial charge in [0.2, 0.25) is 0 Å². The number of hydrogen-bond donors (Lipinski definition) is 2. The zero-order valence-corrected chi connectivity index (χ0v) is 15.7. The summed E-state index contributed by atoms with van der Waals surface area (Å²) in [5, 5.41) is 6.43. The number of halogens is 1. The summed E-state index contributed by atoms with van der Waals surface area (Å²) in [6, 6.07) is 6.19. The van der Waals surface area contributed by atoms with Gasteiger partial charge in [-0.2, -0.15) is 0 Å². The molecule has 1 heterocycles. The summed E-state index contributed by atoms with van der Waals surface area (Å²) in [5.41, 5.74) is 0. The molecule has 6 nitrogen and oxygen atoms in total. The summed E-state index contributed by atoms with van der Waals surface area (Å²) in [5.74, 6) is 0.918. The van der Waals surface area contributed by atoms with Crippen molar-refractivity contribution in [1.29, 1.82) is 0 Å². The highest BCUT2D eigenvalue weighted by Gasteiger charge is 2.15. The molecule has 0 radical (unpaired) electrons. The van der Waals surface area contributed by atoms with Crippen molar-refractivity contribution in [1.82, 2.24) is 10.6 Å². The Labute approximate surface area is 155 Å². The van der Waals surface area contributed by atoms with Gasteiger partial charge >= 0.3 is 0 Å². The Morgan fingerprint density at radius 3 is 3.00 bits per heavy atom. The molecule has 26 heavy (non-hydrogen) atoms. The van der Waals surface area contributed by atoms with Crippen LogP contribution in [0.2, 0.25) is 0 Å². The first kappa shape index (κ1) is 20.5. The summed E-state index contributed by atoms with van der Waals surface area (Å²) in [7, 11) is 1.72. The van der Waals surface area contributed by atoms with Crippen molar-refractivity contribution in [2.45, 2.75) is 38.4 Å². The van der Waals surface area contributed by atoms with E-state index in [1.807, 2.05) is 6.92 Å². The lowest BCUT2D eigenvalue weighted by molar-refractivity contribution is 0.0191. The molecule has 0 aromatic heterocycles. The van der Waals surface area contributed by atoms with Crippen LogP contribution in [-0.2, 0) is 9.47 Å². The lowest BCUT2D eigenvalue weighted by atomic mass is 10.2. The molecule has 0 spiro atoms. The molecule has 0 amide bonds. The molecule has 1 aliphatic heterocycles. The minimum atomic E-state index is -0.300. The van der Waals surface area contributed by atoms with E-state index in [0.717, 1.165) is 25.9 Å². The SMILES string of the molecule is CCC(CNC(=NC)NCCOCC1CCCO1)Oc1cccc(F)c1. The van der Waals surface area contributed by atoms with Gasteiger partial charge in [0.25, 0.3) is 0 Å². The maximum atomic E-state index is 13.2. The number of rotatable bonds is 10. The second kappa shape index (κ2) is 11.7. The number of benzene rings is 1. The van der Waals surface area contributed by atoms with E-state index in [-0.39, 0.29) is 18.0 Å². The van der Waals surface area contributed by atoms with Gasteiger partial charge in [0.1, 0.15) is 17.7 Å². The third-order valence-corrected chi connectivity index (χ3v) is 4.14. The average Bonchev–Trinajstić information content (AvgIpc) is 3.16. The average molecular weight is 367 g/mol. The van der Waals surface area contributed by atoms with E-state index in [4.69, 9.17) is 14.2 Å². The molecule has 0 bridgehead atoms. The number of nitrogens with one attached hydrogen (secondary N) is 2. The summed E-state index contributed by atoms with van der Waals surface area (Å²) >= 11 is 0. The normalized spacial score (nSPS) is 18.6. The molecule has 1 fully saturated rings. The van der Waals surface area contributed by atoms with E-state index in [1.54, 1.807) is 19.2 Å². The Hall–Kier alpha value is -1.86. The van der Waals surface area contributed by atoms with Gasteiger partial charge < -0.3 is 24.8 Å². The molecule has 2 atom stereocenters. The Morgan fingerprint density at radius 2 is 2.31 bits per heavy atom. The largest absolute Gasteiger partial charge is 0.489 e. The minimum absolute atomic E-state index is 0.0777. The summed E-state index contributed by atoms with van der Waals surface area (Å²) < 4.78 is 30.2. The number of aliphatic imine (C=N–C) groups is 1. The van der Waals surface area contributed by atoms with Crippen molar-refractivity contribution < 1.29 is 18.6 Å². The number of hydrogen-bond acceptors (Lipinski definition) is 4. The van der Waals surface area contributed by atoms with Crippen LogP contribution >= 0.6 is 0 Å². The van der Waals surface area contributed by atoms with Crippen LogP contribution in [0.25, 0.3) is 0 Å². The zero-order valence-electron chi connectivity index (χ0n) is 15.7. The van der Waals surface area contributed by atoms with Gasteiger partial charge in [0, 0.05) is 26.3 Å². The summed E-state index contributed by atoms with van der Waals surface area (Å²) in [6.45, 7) is 5.35. The van der Waals surface area contributed by atoms with Gasteiger partial charge in [0.05, 0.1) is 25.9 Å². The molecular formula is C19H30FN3O3. The molecule has 0 aliphatic carbocycles. The van der Waals surface area contributed by atoms with E-state index >= 15 is 0 Å². The maximum absolute atomic E-state index is 13.2. The molecule has 1 aromatic carbocycles. The van der Waals surface area contributed by atoms with Crippen molar-refractivity contribution >= 4 is 5.96 Å². The highest BCUT2D eigenvalue weighted by molar-refractivity contribution is 5.79. The van der Waals surface area contributed by atoms with Crippen molar-refractivity contribution in [2.75, 3.05) is 40.0 Å². The fourth-order valence-corrected chi connectivity index (χ4v) is 2.67. The Bertz CT molecular complexity index is 551. The van der Waals surface area contributed by atoms with Gasteiger partial charge in [-0.25, -0.2) is 4.39 Å². The topological polar surface area (TPSA) is 64.1 Å². The predicted octanol–water partition coefficient (Wildman–Crippen LogP) is 2.34. The minimum Gasteiger partial charge on any atom is -0.489 e. The lowest BCUT2D eigenvalue weighted by Gasteiger charge is -2.20. The van der Waals surface area contributed by atoms with Crippen LogP contribution in [0.15, 0.2) is 29.3 Å². The van der Waals surface area contributed by atoms with Crippen LogP contribution < -0.4 is 15.4 Å². The predicted molar refractivity (Wildman–Crippen MR) is 100 cm³/mol. The second-order valence-corrected chi connectivity index (χ2v) is 6.20. The Balaban J connectivity index is 1.62. The van der Waals surface area contributed by atoms with Crippen LogP contribution in [0, 0.1) is 5.82 Å². The van der Waals surface area contributed by atoms with Crippen molar-refractivity contribution in [3.05, 3.63) is 30.1 Å². The van der Waals surface area contributed by atoms with Crippen LogP contribution in [0.3, 0.4) is 0 Å². The van der Waals surface area contributed by atoms with E-state index < -0.39 is 0 Å². The van der Waals surface area contributed by atoms with Crippen LogP contribution in [0.1, 0.15) is 26.2 Å². The molecule has 2 unspecified atom stereocenters. The van der Waals surface area contributed by atoms with Gasteiger partial charge in [-0.15, -0.1) is 0 Å². The molecule has 7 heteroatoms. The first-order valence-electron chi connectivity index (χ1n) is 9.27. The van der Waals surface area contributed by atoms with Crippen molar-refractivity contribution in [2.24, 2.45) is 4.99 Å². The number of nitrogens with zero attached hydrogens (tertiary/aromatic N) is 1. The molecule has 0 saturated carbocycles. The third kappa shape index (κ3) is 7.58. The van der Waals surface area contributed by atoms with E-state index in [9.17, 15) is 4.39 Å². The molecule has 1 aromatic rings. The fourth-order valence-electron chi connectivity index (χ4n) is 2.67. The fraction of sp³-hybridized carbons (Fsp3) is 0.632. The molecule has 2 rings (SSSR count). The van der Waals surface area contributed by atoms with Gasteiger partial charge in [-0.05, 0) is 31.4 Å². The molecule has 146 valence electrons. The van der Waals surface area contributed by atoms with Crippen molar-refractivity contribution in [3.63, 3.8) is 0 Å². The highest BCUT2D eigenvalue weighted by Crippen LogP contribution is 2.14. The number of guanidine groups is 1. The van der Waals surface area contributed by atoms with Crippen molar-refractivity contribution in [3.8, 4) is 5.75 Å². The molecular weight excluding hydrogens is 337 g/mol. The monoisotopic (exact) mass is 367 g/mol. The van der Waals surface area contributed by atoms with E-state index in [0.29, 0.717) is 38.0 Å². The summed E-state index contributed by atoms with van der Waals surface area (Å²) in [4.78, 5) is 4.19. The molecule has 2 N–H and O–H groups in total. The van der Waals surface area contributed by atoms with Gasteiger partial charge in [-0.3, -0.25) is 4.99 Å². The lowest BCUT2D eigenvalue weighted by Crippen LogP contribution is -2.43. The second-order valence-electron chi connectivity index (χ2n) is 6.20. The summed E-state index contributed by atoms with van der Waals surface area (Å²) in [6.07, 6.45) is 3.17. The van der Waals surface area contributed by atoms with Crippen LogP contribution in [0.4, 0.5) is 4.39 Å². The smallest absolute Gasteiger partial charge is 0.191 e. The zero-order chi connectivity index (χ0) is 18.6. The first-order chi connectivity index (χ1) is 12.7. The quantitative estimate of drug-likeness (QED) is 0.378. The molecule has 1 aliphatic rings. The van der Waals surface area contributed by atoms with Gasteiger partial charge in [0.15, 0.2) is 5.96 Å². The standard InChI is InChI=1S/C19H30FN3O3/c1-3-16(26-17-7-4-6-15(20)12-17)13-23-19(21-2)22-9-11-24-14-18-8-5-10-25-18/h4,6-7,12,16,18H,3,5,8-11,13-14H2,1-2H3,(H2,21,22,23). The highest BCUT2D eigenvalue weighted by atomic mass is 19.1. The number of ether oxygens (including phenoxy) is 3. The van der Waals surface area contributed by atoms with E-state index in [2.05, 4.69) is 15.6 Å². The van der Waals surface area contributed by atoms with Crippen LogP contribution in [-0.4, -0.2) is 58.1 Å². The first-order valence-corrected chi connectivity index (χ1v) is 9.27. The Kier molecular flexibility index (Phi) is 9.20. The van der Waals surface area contributed by atoms with E-state index in [1.165, 1.54) is 12.1 Å². The Morgan fingerprint density at radius 1 is 1.42 bits per heavy atom. The molecule has 1 saturated heterocycles. The third-order valence-electron chi connectivity index (χ3n) is 4.14. The maximum Gasteiger partial charge on any atom is 0.191 e. The van der Waals surface area contributed by atoms with Gasteiger partial charge in [-0.1, -0.05) is 13.0 Å². The van der Waals surface area contributed by atoms with Crippen LogP contribution in [0.5, 0.6) is 5.75 Å².